The normalized spacial score (nSPS) is 13.3. The largest absolute Gasteiger partial charge is 0.317 e. The van der Waals surface area contributed by atoms with E-state index in [0.717, 1.165) is 5.92 Å². The smallest absolute Gasteiger partial charge is 0.00955 e. The van der Waals surface area contributed by atoms with E-state index < -0.39 is 0 Å². The van der Waals surface area contributed by atoms with Gasteiger partial charge in [-0.3, -0.25) is 0 Å². The van der Waals surface area contributed by atoms with Crippen molar-refractivity contribution in [2.45, 2.75) is 45.6 Å². The maximum Gasteiger partial charge on any atom is 0.00955 e. The molecule has 2 heteroatoms. The highest BCUT2D eigenvalue weighted by atomic mass is 32.1. The van der Waals surface area contributed by atoms with Crippen LogP contribution in [0.1, 0.15) is 38.0 Å². The second-order valence-corrected chi connectivity index (χ2v) is 5.12. The van der Waals surface area contributed by atoms with Gasteiger partial charge in [0.1, 0.15) is 0 Å². The zero-order chi connectivity index (χ0) is 11.1. The number of hydrogen-bond donors (Lipinski definition) is 1. The molecule has 1 rings (SSSR count). The standard InChI is InChI=1S/C13H23NS/c1-4-11(5-2)13(14-3)9-8-12-7-6-10-15-12/h6-7,10-11,13-14H,4-5,8-9H2,1-3H3. The summed E-state index contributed by atoms with van der Waals surface area (Å²) >= 11 is 1.87. The molecule has 15 heavy (non-hydrogen) atoms. The molecule has 1 aromatic heterocycles. The highest BCUT2D eigenvalue weighted by Gasteiger charge is 2.16. The summed E-state index contributed by atoms with van der Waals surface area (Å²) in [6.07, 6.45) is 5.06. The molecule has 0 aliphatic heterocycles. The lowest BCUT2D eigenvalue weighted by molar-refractivity contribution is 0.335. The first-order valence-electron chi connectivity index (χ1n) is 6.01. The Morgan fingerprint density at radius 2 is 2.07 bits per heavy atom. The molecular weight excluding hydrogens is 202 g/mol. The number of nitrogens with one attached hydrogen (secondary N) is 1. The Morgan fingerprint density at radius 1 is 1.33 bits per heavy atom. The van der Waals surface area contributed by atoms with Crippen molar-refractivity contribution in [3.05, 3.63) is 22.4 Å². The molecule has 0 amide bonds. The molecule has 0 aliphatic rings. The second kappa shape index (κ2) is 7.02. The Morgan fingerprint density at radius 3 is 2.53 bits per heavy atom. The maximum atomic E-state index is 3.47. The van der Waals surface area contributed by atoms with E-state index in [1.807, 2.05) is 11.3 Å². The molecule has 1 unspecified atom stereocenters. The van der Waals surface area contributed by atoms with Crippen molar-refractivity contribution in [3.63, 3.8) is 0 Å². The van der Waals surface area contributed by atoms with Gasteiger partial charge in [0.25, 0.3) is 0 Å². The minimum absolute atomic E-state index is 0.682. The SMILES string of the molecule is CCC(CC)C(CCc1cccs1)NC. The Kier molecular flexibility index (Phi) is 5.96. The Labute approximate surface area is 97.9 Å². The van der Waals surface area contributed by atoms with Gasteiger partial charge in [-0.15, -0.1) is 11.3 Å². The fourth-order valence-corrected chi connectivity index (χ4v) is 2.95. The summed E-state index contributed by atoms with van der Waals surface area (Å²) in [6, 6.07) is 5.07. The summed E-state index contributed by atoms with van der Waals surface area (Å²) in [7, 11) is 2.09. The van der Waals surface area contributed by atoms with E-state index in [0.29, 0.717) is 6.04 Å². The average molecular weight is 225 g/mol. The zero-order valence-corrected chi connectivity index (χ0v) is 10.9. The molecule has 0 radical (unpaired) electrons. The topological polar surface area (TPSA) is 12.0 Å². The summed E-state index contributed by atoms with van der Waals surface area (Å²) in [6.45, 7) is 4.59. The minimum atomic E-state index is 0.682. The first-order valence-corrected chi connectivity index (χ1v) is 6.89. The van der Waals surface area contributed by atoms with Gasteiger partial charge in [0, 0.05) is 10.9 Å². The van der Waals surface area contributed by atoms with Crippen LogP contribution >= 0.6 is 11.3 Å². The van der Waals surface area contributed by atoms with Crippen LogP contribution in [0, 0.1) is 5.92 Å². The van der Waals surface area contributed by atoms with Crippen LogP contribution in [0.3, 0.4) is 0 Å². The van der Waals surface area contributed by atoms with E-state index in [2.05, 4.69) is 43.7 Å². The fraction of sp³-hybridized carbons (Fsp3) is 0.692. The van der Waals surface area contributed by atoms with Crippen LogP contribution in [0.15, 0.2) is 17.5 Å². The van der Waals surface area contributed by atoms with Crippen molar-refractivity contribution in [3.8, 4) is 0 Å². The molecule has 0 aromatic carbocycles. The summed E-state index contributed by atoms with van der Waals surface area (Å²) in [5.74, 6) is 0.829. The molecule has 1 nitrogen and oxygen atoms in total. The molecule has 1 heterocycles. The highest BCUT2D eigenvalue weighted by Crippen LogP contribution is 2.19. The predicted octanol–water partition coefficient (Wildman–Crippen LogP) is 3.70. The zero-order valence-electron chi connectivity index (χ0n) is 10.1. The van der Waals surface area contributed by atoms with Gasteiger partial charge >= 0.3 is 0 Å². The van der Waals surface area contributed by atoms with E-state index in [1.54, 1.807) is 0 Å². The third-order valence-electron chi connectivity index (χ3n) is 3.27. The van der Waals surface area contributed by atoms with Crippen molar-refractivity contribution < 1.29 is 0 Å². The molecule has 0 bridgehead atoms. The molecule has 1 N–H and O–H groups in total. The highest BCUT2D eigenvalue weighted by molar-refractivity contribution is 7.09. The van der Waals surface area contributed by atoms with Gasteiger partial charge in [0.05, 0.1) is 0 Å². The van der Waals surface area contributed by atoms with Crippen LogP contribution in [-0.4, -0.2) is 13.1 Å². The van der Waals surface area contributed by atoms with Crippen molar-refractivity contribution in [2.24, 2.45) is 5.92 Å². The number of rotatable bonds is 7. The molecule has 0 saturated carbocycles. The third-order valence-corrected chi connectivity index (χ3v) is 4.21. The van der Waals surface area contributed by atoms with E-state index in [4.69, 9.17) is 0 Å². The van der Waals surface area contributed by atoms with E-state index in [9.17, 15) is 0 Å². The Balaban J connectivity index is 2.39. The number of thiophene rings is 1. The van der Waals surface area contributed by atoms with Crippen molar-refractivity contribution in [1.82, 2.24) is 5.32 Å². The van der Waals surface area contributed by atoms with Crippen LogP contribution in [0.4, 0.5) is 0 Å². The minimum Gasteiger partial charge on any atom is -0.317 e. The van der Waals surface area contributed by atoms with Gasteiger partial charge < -0.3 is 5.32 Å². The quantitative estimate of drug-likeness (QED) is 0.746. The van der Waals surface area contributed by atoms with Crippen LogP contribution in [0.5, 0.6) is 0 Å². The van der Waals surface area contributed by atoms with E-state index in [1.165, 1.54) is 30.6 Å². The van der Waals surface area contributed by atoms with Crippen molar-refractivity contribution in [2.75, 3.05) is 7.05 Å². The molecule has 0 aliphatic carbocycles. The number of hydrogen-bond acceptors (Lipinski definition) is 2. The third kappa shape index (κ3) is 3.96. The Bertz CT molecular complexity index is 239. The summed E-state index contributed by atoms with van der Waals surface area (Å²) < 4.78 is 0. The molecule has 1 atom stereocenters. The van der Waals surface area contributed by atoms with Gasteiger partial charge in [-0.2, -0.15) is 0 Å². The lowest BCUT2D eigenvalue weighted by Gasteiger charge is -2.24. The van der Waals surface area contributed by atoms with Crippen LogP contribution in [0.2, 0.25) is 0 Å². The van der Waals surface area contributed by atoms with Crippen LogP contribution in [-0.2, 0) is 6.42 Å². The summed E-state index contributed by atoms with van der Waals surface area (Å²) in [5.41, 5.74) is 0. The van der Waals surface area contributed by atoms with Gasteiger partial charge in [0.2, 0.25) is 0 Å². The van der Waals surface area contributed by atoms with Crippen molar-refractivity contribution in [1.29, 1.82) is 0 Å². The molecule has 0 spiro atoms. The average Bonchev–Trinajstić information content (AvgIpc) is 2.77. The van der Waals surface area contributed by atoms with Gasteiger partial charge in [0.15, 0.2) is 0 Å². The van der Waals surface area contributed by atoms with Crippen LogP contribution in [0.25, 0.3) is 0 Å². The van der Waals surface area contributed by atoms with E-state index >= 15 is 0 Å². The van der Waals surface area contributed by atoms with Crippen molar-refractivity contribution >= 4 is 11.3 Å². The lowest BCUT2D eigenvalue weighted by Crippen LogP contribution is -2.33. The first-order chi connectivity index (χ1) is 7.31. The second-order valence-electron chi connectivity index (χ2n) is 4.09. The van der Waals surface area contributed by atoms with Gasteiger partial charge in [-0.1, -0.05) is 32.8 Å². The predicted molar refractivity (Wildman–Crippen MR) is 69.6 cm³/mol. The molecule has 1 aromatic rings. The maximum absolute atomic E-state index is 3.47. The lowest BCUT2D eigenvalue weighted by atomic mass is 9.91. The molecule has 86 valence electrons. The summed E-state index contributed by atoms with van der Waals surface area (Å²) in [5, 5.41) is 5.64. The van der Waals surface area contributed by atoms with Gasteiger partial charge in [-0.25, -0.2) is 0 Å². The Hall–Kier alpha value is -0.340. The van der Waals surface area contributed by atoms with Gasteiger partial charge in [-0.05, 0) is 37.3 Å². The molecular formula is C13H23NS. The molecule has 0 saturated heterocycles. The fourth-order valence-electron chi connectivity index (χ4n) is 2.23. The summed E-state index contributed by atoms with van der Waals surface area (Å²) in [4.78, 5) is 1.52. The van der Waals surface area contributed by atoms with Crippen LogP contribution < -0.4 is 5.32 Å². The number of aryl methyl sites for hydroxylation is 1. The molecule has 0 fully saturated rings. The first kappa shape index (κ1) is 12.7. The monoisotopic (exact) mass is 225 g/mol. The van der Waals surface area contributed by atoms with E-state index in [-0.39, 0.29) is 0 Å².